The minimum absolute atomic E-state index is 0.118. The summed E-state index contributed by atoms with van der Waals surface area (Å²) in [5.41, 5.74) is 1.47. The summed E-state index contributed by atoms with van der Waals surface area (Å²) in [7, 11) is 0. The second-order valence-electron chi connectivity index (χ2n) is 5.52. The molecule has 0 radical (unpaired) electrons. The predicted octanol–water partition coefficient (Wildman–Crippen LogP) is 5.72. The Kier molecular flexibility index (Phi) is 7.24. The molecule has 0 bridgehead atoms. The molecule has 1 amide bonds. The highest BCUT2D eigenvalue weighted by molar-refractivity contribution is 8.02. The van der Waals surface area contributed by atoms with E-state index in [0.717, 1.165) is 11.4 Å². The summed E-state index contributed by atoms with van der Waals surface area (Å²) >= 11 is 3.14. The number of amides is 1. The van der Waals surface area contributed by atoms with Crippen LogP contribution in [0.2, 0.25) is 0 Å². The number of para-hydroxylation sites is 1. The van der Waals surface area contributed by atoms with Gasteiger partial charge in [-0.15, -0.1) is 10.2 Å². The van der Waals surface area contributed by atoms with Crippen molar-refractivity contribution in [3.05, 3.63) is 54.6 Å². The lowest BCUT2D eigenvalue weighted by Gasteiger charge is -2.09. The second kappa shape index (κ2) is 9.85. The Morgan fingerprint density at radius 2 is 1.71 bits per heavy atom. The lowest BCUT2D eigenvalue weighted by molar-refractivity contribution is -0.115. The molecular weight excluding hydrogens is 422 g/mol. The number of carbonyl (C=O) groups excluding carboxylic acids is 1. The Labute approximate surface area is 173 Å². The van der Waals surface area contributed by atoms with Crippen molar-refractivity contribution in [1.29, 1.82) is 0 Å². The number of thioether (sulfide) groups is 2. The molecule has 3 aromatic rings. The van der Waals surface area contributed by atoms with Gasteiger partial charge in [0.2, 0.25) is 11.0 Å². The van der Waals surface area contributed by atoms with Crippen LogP contribution in [-0.2, 0) is 4.79 Å². The Balaban J connectivity index is 1.54. The Hall–Kier alpha value is -2.17. The van der Waals surface area contributed by atoms with Gasteiger partial charge >= 0.3 is 0 Å². The lowest BCUT2D eigenvalue weighted by atomic mass is 10.3. The first-order valence-electron chi connectivity index (χ1n) is 8.17. The number of halogens is 2. The van der Waals surface area contributed by atoms with Gasteiger partial charge in [-0.2, -0.15) is 8.78 Å². The number of aromatic nitrogens is 2. The SMILES string of the molecule is CC(Sc1nnc(Nc2ccc(SC(F)F)cc2)s1)C(=O)Nc1ccccc1. The summed E-state index contributed by atoms with van der Waals surface area (Å²) < 4.78 is 25.4. The predicted molar refractivity (Wildman–Crippen MR) is 112 cm³/mol. The largest absolute Gasteiger partial charge is 0.330 e. The van der Waals surface area contributed by atoms with Gasteiger partial charge in [0.25, 0.3) is 5.76 Å². The highest BCUT2D eigenvalue weighted by atomic mass is 32.2. The quantitative estimate of drug-likeness (QED) is 0.439. The van der Waals surface area contributed by atoms with Gasteiger partial charge in [0.05, 0.1) is 5.25 Å². The number of nitrogens with one attached hydrogen (secondary N) is 2. The fourth-order valence-corrected chi connectivity index (χ4v) is 4.54. The van der Waals surface area contributed by atoms with Crippen LogP contribution in [0.1, 0.15) is 6.92 Å². The molecule has 3 rings (SSSR count). The summed E-state index contributed by atoms with van der Waals surface area (Å²) in [6.45, 7) is 1.80. The average Bonchev–Trinajstić information content (AvgIpc) is 3.10. The van der Waals surface area contributed by atoms with E-state index in [4.69, 9.17) is 0 Å². The van der Waals surface area contributed by atoms with Crippen molar-refractivity contribution in [1.82, 2.24) is 10.2 Å². The van der Waals surface area contributed by atoms with Gasteiger partial charge in [-0.05, 0) is 43.3 Å². The maximum absolute atomic E-state index is 12.4. The first-order valence-corrected chi connectivity index (χ1v) is 10.7. The zero-order valence-electron chi connectivity index (χ0n) is 14.6. The molecule has 0 aliphatic rings. The molecule has 2 aromatic carbocycles. The monoisotopic (exact) mass is 438 g/mol. The molecule has 0 fully saturated rings. The molecule has 5 nitrogen and oxygen atoms in total. The summed E-state index contributed by atoms with van der Waals surface area (Å²) in [6, 6.07) is 15.9. The third kappa shape index (κ3) is 6.18. The third-order valence-electron chi connectivity index (χ3n) is 3.43. The van der Waals surface area contributed by atoms with E-state index < -0.39 is 5.76 Å². The van der Waals surface area contributed by atoms with Gasteiger partial charge in [0, 0.05) is 16.3 Å². The van der Waals surface area contributed by atoms with E-state index in [-0.39, 0.29) is 11.2 Å². The van der Waals surface area contributed by atoms with Crippen molar-refractivity contribution >= 4 is 57.3 Å². The topological polar surface area (TPSA) is 66.9 Å². The molecule has 146 valence electrons. The van der Waals surface area contributed by atoms with Crippen molar-refractivity contribution in [2.45, 2.75) is 27.2 Å². The molecule has 0 spiro atoms. The van der Waals surface area contributed by atoms with E-state index in [1.165, 1.54) is 23.1 Å². The lowest BCUT2D eigenvalue weighted by Crippen LogP contribution is -2.22. The van der Waals surface area contributed by atoms with Gasteiger partial charge < -0.3 is 10.6 Å². The molecule has 1 atom stereocenters. The van der Waals surface area contributed by atoms with E-state index in [2.05, 4.69) is 20.8 Å². The van der Waals surface area contributed by atoms with Gasteiger partial charge in [0.15, 0.2) is 4.34 Å². The van der Waals surface area contributed by atoms with E-state index >= 15 is 0 Å². The van der Waals surface area contributed by atoms with Crippen LogP contribution >= 0.6 is 34.9 Å². The van der Waals surface area contributed by atoms with E-state index in [1.807, 2.05) is 30.3 Å². The molecule has 1 unspecified atom stereocenters. The first kappa shape index (κ1) is 20.6. The van der Waals surface area contributed by atoms with Crippen LogP contribution in [0.15, 0.2) is 63.8 Å². The number of alkyl halides is 2. The van der Waals surface area contributed by atoms with Crippen molar-refractivity contribution in [2.24, 2.45) is 0 Å². The molecular formula is C18H16F2N4OS3. The standard InChI is InChI=1S/C18H16F2N4OS3/c1-11(15(25)21-12-5-3-2-4-6-12)26-18-24-23-17(28-18)22-13-7-9-14(10-8-13)27-16(19)20/h2-11,16H,1H3,(H,21,25)(H,22,23). The Morgan fingerprint density at radius 1 is 1.00 bits per heavy atom. The van der Waals surface area contributed by atoms with Crippen molar-refractivity contribution < 1.29 is 13.6 Å². The van der Waals surface area contributed by atoms with Crippen LogP contribution in [0.3, 0.4) is 0 Å². The summed E-state index contributed by atoms with van der Waals surface area (Å²) in [6.07, 6.45) is 0. The first-order chi connectivity index (χ1) is 13.5. The number of hydrogen-bond donors (Lipinski definition) is 2. The molecule has 0 aliphatic heterocycles. The van der Waals surface area contributed by atoms with Gasteiger partial charge in [-0.3, -0.25) is 4.79 Å². The second-order valence-corrected chi connectivity index (χ2v) is 9.15. The molecule has 0 saturated heterocycles. The smallest absolute Gasteiger partial charge is 0.288 e. The number of anilines is 3. The fraction of sp³-hybridized carbons (Fsp3) is 0.167. The molecule has 1 aromatic heterocycles. The molecule has 1 heterocycles. The van der Waals surface area contributed by atoms with Crippen molar-refractivity contribution in [2.75, 3.05) is 10.6 Å². The van der Waals surface area contributed by atoms with Crippen molar-refractivity contribution in [3.63, 3.8) is 0 Å². The molecule has 0 saturated carbocycles. The normalized spacial score (nSPS) is 12.0. The number of nitrogens with zero attached hydrogens (tertiary/aromatic N) is 2. The van der Waals surface area contributed by atoms with Crippen LogP contribution in [0.5, 0.6) is 0 Å². The summed E-state index contributed by atoms with van der Waals surface area (Å²) in [4.78, 5) is 12.8. The van der Waals surface area contributed by atoms with E-state index in [9.17, 15) is 13.6 Å². The van der Waals surface area contributed by atoms with Crippen molar-refractivity contribution in [3.8, 4) is 0 Å². The number of rotatable bonds is 8. The zero-order valence-corrected chi connectivity index (χ0v) is 17.1. The fourth-order valence-electron chi connectivity index (χ4n) is 2.12. The highest BCUT2D eigenvalue weighted by Crippen LogP contribution is 2.32. The highest BCUT2D eigenvalue weighted by Gasteiger charge is 2.17. The molecule has 2 N–H and O–H groups in total. The average molecular weight is 439 g/mol. The molecule has 0 aliphatic carbocycles. The van der Waals surface area contributed by atoms with Gasteiger partial charge in [-0.1, -0.05) is 53.1 Å². The minimum atomic E-state index is -2.44. The maximum Gasteiger partial charge on any atom is 0.288 e. The third-order valence-corrected chi connectivity index (χ3v) is 6.17. The maximum atomic E-state index is 12.4. The summed E-state index contributed by atoms with van der Waals surface area (Å²) in [5.74, 6) is -2.56. The van der Waals surface area contributed by atoms with E-state index in [1.54, 1.807) is 31.2 Å². The minimum Gasteiger partial charge on any atom is -0.330 e. The molecule has 28 heavy (non-hydrogen) atoms. The Morgan fingerprint density at radius 3 is 2.39 bits per heavy atom. The summed E-state index contributed by atoms with van der Waals surface area (Å²) in [5, 5.41) is 14.3. The number of benzene rings is 2. The van der Waals surface area contributed by atoms with Gasteiger partial charge in [0.1, 0.15) is 0 Å². The van der Waals surface area contributed by atoms with E-state index in [0.29, 0.717) is 26.1 Å². The Bertz CT molecular complexity index is 907. The van der Waals surface area contributed by atoms with Gasteiger partial charge in [-0.25, -0.2) is 0 Å². The number of hydrogen-bond acceptors (Lipinski definition) is 7. The van der Waals surface area contributed by atoms with Crippen LogP contribution in [0.25, 0.3) is 0 Å². The zero-order chi connectivity index (χ0) is 19.9. The number of carbonyl (C=O) groups is 1. The molecule has 10 heteroatoms. The van der Waals surface area contributed by atoms with Crippen LogP contribution in [0, 0.1) is 0 Å². The van der Waals surface area contributed by atoms with Crippen LogP contribution in [-0.4, -0.2) is 27.1 Å². The van der Waals surface area contributed by atoms with Crippen LogP contribution in [0.4, 0.5) is 25.3 Å². The van der Waals surface area contributed by atoms with Crippen LogP contribution < -0.4 is 10.6 Å².